The maximum atomic E-state index is 11.0. The molecule has 3 unspecified atom stereocenters. The van der Waals surface area contributed by atoms with Crippen molar-refractivity contribution in [2.75, 3.05) is 5.32 Å². The van der Waals surface area contributed by atoms with Crippen molar-refractivity contribution in [3.63, 3.8) is 0 Å². The highest BCUT2D eigenvalue weighted by molar-refractivity contribution is 5.88. The fourth-order valence-corrected chi connectivity index (χ4v) is 3.98. The Balaban J connectivity index is 1.63. The number of anilines is 1. The Bertz CT molecular complexity index is 486. The minimum absolute atomic E-state index is 0.362. The third kappa shape index (κ3) is 2.97. The predicted molar refractivity (Wildman–Crippen MR) is 80.1 cm³/mol. The molecule has 0 heterocycles. The topological polar surface area (TPSA) is 49.3 Å². The lowest BCUT2D eigenvalue weighted by molar-refractivity contribution is 0.0697. The van der Waals surface area contributed by atoms with E-state index in [0.717, 1.165) is 17.5 Å². The molecular weight excluding hydrogens is 250 g/mol. The minimum atomic E-state index is -0.857. The number of aromatic carboxylic acids is 1. The number of nitrogens with one attached hydrogen (secondary N) is 1. The summed E-state index contributed by atoms with van der Waals surface area (Å²) < 4.78 is 0. The number of carboxylic acids is 1. The van der Waals surface area contributed by atoms with Gasteiger partial charge in [0, 0.05) is 11.7 Å². The van der Waals surface area contributed by atoms with Crippen LogP contribution in [0.4, 0.5) is 5.69 Å². The predicted octanol–water partition coefficient (Wildman–Crippen LogP) is 4.16. The maximum Gasteiger partial charge on any atom is 0.335 e. The van der Waals surface area contributed by atoms with Gasteiger partial charge in [-0.3, -0.25) is 0 Å². The second-order valence-corrected chi connectivity index (χ2v) is 6.34. The lowest BCUT2D eigenvalue weighted by atomic mass is 9.69. The van der Waals surface area contributed by atoms with Crippen LogP contribution in [0.3, 0.4) is 0 Å². The van der Waals surface area contributed by atoms with Gasteiger partial charge in [-0.1, -0.05) is 31.7 Å². The SMILES string of the molecule is O=C(O)c1cccc(NC2CCC3CCCCC3C2)c1. The van der Waals surface area contributed by atoms with Crippen LogP contribution in [0.25, 0.3) is 0 Å². The van der Waals surface area contributed by atoms with E-state index >= 15 is 0 Å². The molecule has 3 nitrogen and oxygen atoms in total. The smallest absolute Gasteiger partial charge is 0.335 e. The Kier molecular flexibility index (Phi) is 3.95. The molecule has 0 spiro atoms. The van der Waals surface area contributed by atoms with E-state index < -0.39 is 5.97 Å². The molecule has 0 bridgehead atoms. The average Bonchev–Trinajstić information content (AvgIpc) is 2.47. The molecule has 1 aromatic carbocycles. The number of rotatable bonds is 3. The Morgan fingerprint density at radius 1 is 1.10 bits per heavy atom. The van der Waals surface area contributed by atoms with Gasteiger partial charge < -0.3 is 10.4 Å². The monoisotopic (exact) mass is 273 g/mol. The lowest BCUT2D eigenvalue weighted by Crippen LogP contribution is -2.34. The second-order valence-electron chi connectivity index (χ2n) is 6.34. The van der Waals surface area contributed by atoms with Gasteiger partial charge in [-0.05, 0) is 49.3 Å². The second kappa shape index (κ2) is 5.86. The zero-order chi connectivity index (χ0) is 13.9. The van der Waals surface area contributed by atoms with Crippen molar-refractivity contribution in [2.24, 2.45) is 11.8 Å². The third-order valence-corrected chi connectivity index (χ3v) is 5.02. The van der Waals surface area contributed by atoms with Crippen molar-refractivity contribution in [2.45, 2.75) is 51.0 Å². The van der Waals surface area contributed by atoms with Gasteiger partial charge in [-0.2, -0.15) is 0 Å². The number of hydrogen-bond acceptors (Lipinski definition) is 2. The average molecular weight is 273 g/mol. The van der Waals surface area contributed by atoms with Crippen LogP contribution in [0.5, 0.6) is 0 Å². The fraction of sp³-hybridized carbons (Fsp3) is 0.588. The molecule has 2 aliphatic carbocycles. The van der Waals surface area contributed by atoms with Crippen molar-refractivity contribution >= 4 is 11.7 Å². The van der Waals surface area contributed by atoms with E-state index in [1.54, 1.807) is 12.1 Å². The standard InChI is InChI=1S/C17H23NO2/c19-17(20)14-6-3-7-15(11-14)18-16-9-8-12-4-1-2-5-13(12)10-16/h3,6-7,11-13,16,18H,1-2,4-5,8-10H2,(H,19,20). The van der Waals surface area contributed by atoms with E-state index in [2.05, 4.69) is 5.32 Å². The maximum absolute atomic E-state index is 11.0. The molecule has 2 N–H and O–H groups in total. The highest BCUT2D eigenvalue weighted by Crippen LogP contribution is 2.41. The first-order chi connectivity index (χ1) is 9.72. The van der Waals surface area contributed by atoms with Crippen molar-refractivity contribution in [3.8, 4) is 0 Å². The molecule has 2 fully saturated rings. The molecule has 0 aliphatic heterocycles. The van der Waals surface area contributed by atoms with E-state index in [-0.39, 0.29) is 0 Å². The van der Waals surface area contributed by atoms with E-state index in [1.165, 1.54) is 44.9 Å². The highest BCUT2D eigenvalue weighted by Gasteiger charge is 2.31. The van der Waals surface area contributed by atoms with Crippen LogP contribution in [0.1, 0.15) is 55.3 Å². The molecule has 3 rings (SSSR count). The summed E-state index contributed by atoms with van der Waals surface area (Å²) in [4.78, 5) is 11.0. The molecule has 2 aliphatic rings. The first kappa shape index (κ1) is 13.5. The number of hydrogen-bond donors (Lipinski definition) is 2. The first-order valence-electron chi connectivity index (χ1n) is 7.82. The van der Waals surface area contributed by atoms with Crippen molar-refractivity contribution in [3.05, 3.63) is 29.8 Å². The number of carboxylic acid groups (broad SMARTS) is 1. The van der Waals surface area contributed by atoms with Crippen LogP contribution >= 0.6 is 0 Å². The zero-order valence-corrected chi connectivity index (χ0v) is 11.8. The summed E-state index contributed by atoms with van der Waals surface area (Å²) >= 11 is 0. The van der Waals surface area contributed by atoms with Gasteiger partial charge in [-0.25, -0.2) is 4.79 Å². The molecule has 0 amide bonds. The lowest BCUT2D eigenvalue weighted by Gasteiger charge is -2.39. The van der Waals surface area contributed by atoms with Gasteiger partial charge in [0.1, 0.15) is 0 Å². The minimum Gasteiger partial charge on any atom is -0.478 e. The molecule has 20 heavy (non-hydrogen) atoms. The van der Waals surface area contributed by atoms with E-state index in [0.29, 0.717) is 11.6 Å². The molecule has 1 aromatic rings. The zero-order valence-electron chi connectivity index (χ0n) is 11.8. The van der Waals surface area contributed by atoms with Crippen LogP contribution in [-0.2, 0) is 0 Å². The number of benzene rings is 1. The summed E-state index contributed by atoms with van der Waals surface area (Å²) in [5.41, 5.74) is 1.31. The molecule has 0 aromatic heterocycles. The fourth-order valence-electron chi connectivity index (χ4n) is 3.98. The van der Waals surface area contributed by atoms with Crippen LogP contribution in [0.2, 0.25) is 0 Å². The molecular formula is C17H23NO2. The van der Waals surface area contributed by atoms with Crippen molar-refractivity contribution in [1.82, 2.24) is 0 Å². The normalized spacial score (nSPS) is 29.5. The highest BCUT2D eigenvalue weighted by atomic mass is 16.4. The quantitative estimate of drug-likeness (QED) is 0.869. The Labute approximate surface area is 120 Å². The summed E-state index contributed by atoms with van der Waals surface area (Å²) in [5, 5.41) is 12.6. The van der Waals surface area contributed by atoms with Crippen LogP contribution in [0, 0.1) is 11.8 Å². The Morgan fingerprint density at radius 3 is 2.70 bits per heavy atom. The van der Waals surface area contributed by atoms with E-state index in [4.69, 9.17) is 5.11 Å². The van der Waals surface area contributed by atoms with E-state index in [9.17, 15) is 4.79 Å². The first-order valence-corrected chi connectivity index (χ1v) is 7.82. The molecule has 108 valence electrons. The molecule has 2 saturated carbocycles. The van der Waals surface area contributed by atoms with Crippen LogP contribution in [-0.4, -0.2) is 17.1 Å². The molecule has 0 saturated heterocycles. The number of carbonyl (C=O) groups is 1. The largest absolute Gasteiger partial charge is 0.478 e. The Morgan fingerprint density at radius 2 is 1.90 bits per heavy atom. The van der Waals surface area contributed by atoms with Gasteiger partial charge in [0.15, 0.2) is 0 Å². The van der Waals surface area contributed by atoms with Gasteiger partial charge in [0.2, 0.25) is 0 Å². The third-order valence-electron chi connectivity index (χ3n) is 5.02. The van der Waals surface area contributed by atoms with Crippen LogP contribution < -0.4 is 5.32 Å². The van der Waals surface area contributed by atoms with Gasteiger partial charge >= 0.3 is 5.97 Å². The summed E-state index contributed by atoms with van der Waals surface area (Å²) in [6.07, 6.45) is 9.42. The summed E-state index contributed by atoms with van der Waals surface area (Å²) in [5.74, 6) is 0.981. The summed E-state index contributed by atoms with van der Waals surface area (Å²) in [6, 6.07) is 7.69. The molecule has 3 heteroatoms. The van der Waals surface area contributed by atoms with Crippen LogP contribution in [0.15, 0.2) is 24.3 Å². The van der Waals surface area contributed by atoms with Gasteiger partial charge in [0.25, 0.3) is 0 Å². The number of fused-ring (bicyclic) bond motifs is 1. The molecule has 0 radical (unpaired) electrons. The van der Waals surface area contributed by atoms with E-state index in [1.807, 2.05) is 12.1 Å². The van der Waals surface area contributed by atoms with Gasteiger partial charge in [-0.15, -0.1) is 0 Å². The van der Waals surface area contributed by atoms with Crippen molar-refractivity contribution < 1.29 is 9.90 Å². The van der Waals surface area contributed by atoms with Gasteiger partial charge in [0.05, 0.1) is 5.56 Å². The summed E-state index contributed by atoms with van der Waals surface area (Å²) in [6.45, 7) is 0. The van der Waals surface area contributed by atoms with Crippen molar-refractivity contribution in [1.29, 1.82) is 0 Å². The Hall–Kier alpha value is -1.51. The summed E-state index contributed by atoms with van der Waals surface area (Å²) in [7, 11) is 0. The molecule has 3 atom stereocenters.